The number of ketones is 1. The third kappa shape index (κ3) is 5.60. The van der Waals surface area contributed by atoms with Crippen LogP contribution in [-0.4, -0.2) is 49.6 Å². The first kappa shape index (κ1) is 27.8. The number of hydrogen-bond acceptors (Lipinski definition) is 5. The number of halogens is 3. The highest BCUT2D eigenvalue weighted by molar-refractivity contribution is 6.08. The van der Waals surface area contributed by atoms with Crippen molar-refractivity contribution in [2.24, 2.45) is 0 Å². The van der Waals surface area contributed by atoms with Crippen molar-refractivity contribution < 1.29 is 27.6 Å². The van der Waals surface area contributed by atoms with Gasteiger partial charge in [0.15, 0.2) is 5.78 Å². The van der Waals surface area contributed by atoms with Crippen molar-refractivity contribution in [3.05, 3.63) is 95.5 Å². The van der Waals surface area contributed by atoms with Crippen molar-refractivity contribution in [1.29, 1.82) is 0 Å². The van der Waals surface area contributed by atoms with Crippen LogP contribution in [-0.2, 0) is 22.7 Å². The normalized spacial score (nSPS) is 14.9. The Morgan fingerprint density at radius 2 is 1.83 bits per heavy atom. The lowest BCUT2D eigenvalue weighted by atomic mass is 10.0. The van der Waals surface area contributed by atoms with Gasteiger partial charge in [0.1, 0.15) is 24.7 Å². The number of amides is 2. The van der Waals surface area contributed by atoms with Crippen LogP contribution < -0.4 is 5.32 Å². The Labute approximate surface area is 233 Å². The molecule has 1 N–H and O–H groups in total. The maximum Gasteiger partial charge on any atom is 0.271 e. The zero-order chi connectivity index (χ0) is 29.3. The Hall–Kier alpha value is -4.80. The molecule has 2 aromatic carbocycles. The molecule has 8 nitrogen and oxygen atoms in total. The monoisotopic (exact) mass is 561 g/mol. The SMILES string of the molecule is CC(=O)c1cn(CC(=O)N2CC(=C(F)F)C[C@H]2C(=O)NCc2cccc(C)c2F)c2ccc(-c3cncnc3)cc12. The van der Waals surface area contributed by atoms with Crippen LogP contribution in [0.5, 0.6) is 0 Å². The minimum Gasteiger partial charge on any atom is -0.350 e. The second-order valence-electron chi connectivity index (χ2n) is 9.96. The van der Waals surface area contributed by atoms with Gasteiger partial charge in [-0.05, 0) is 37.1 Å². The van der Waals surface area contributed by atoms with Gasteiger partial charge in [-0.1, -0.05) is 24.3 Å². The molecule has 0 unspecified atom stereocenters. The third-order valence-electron chi connectivity index (χ3n) is 7.25. The summed E-state index contributed by atoms with van der Waals surface area (Å²) in [6.07, 6.45) is 3.98. The molecule has 0 saturated carbocycles. The molecule has 2 aromatic heterocycles. The number of aryl methyl sites for hydroxylation is 1. The molecule has 0 aliphatic carbocycles. The number of hydrogen-bond donors (Lipinski definition) is 1. The van der Waals surface area contributed by atoms with Crippen LogP contribution in [0.25, 0.3) is 22.0 Å². The van der Waals surface area contributed by atoms with Crippen LogP contribution in [0, 0.1) is 12.7 Å². The van der Waals surface area contributed by atoms with E-state index in [-0.39, 0.29) is 36.4 Å². The van der Waals surface area contributed by atoms with E-state index < -0.39 is 36.3 Å². The molecular weight excluding hydrogens is 535 g/mol. The molecule has 1 aliphatic heterocycles. The highest BCUT2D eigenvalue weighted by Crippen LogP contribution is 2.30. The zero-order valence-electron chi connectivity index (χ0n) is 22.3. The van der Waals surface area contributed by atoms with Gasteiger partial charge in [-0.25, -0.2) is 14.4 Å². The Morgan fingerprint density at radius 1 is 1.07 bits per heavy atom. The minimum atomic E-state index is -1.94. The lowest BCUT2D eigenvalue weighted by molar-refractivity contribution is -0.138. The van der Waals surface area contributed by atoms with E-state index in [4.69, 9.17) is 0 Å². The summed E-state index contributed by atoms with van der Waals surface area (Å²) < 4.78 is 43.1. The lowest BCUT2D eigenvalue weighted by Gasteiger charge is -2.24. The number of Topliss-reactive ketones (excluding diaryl/α,β-unsaturated/α-hetero) is 1. The van der Waals surface area contributed by atoms with Gasteiger partial charge >= 0.3 is 0 Å². The zero-order valence-corrected chi connectivity index (χ0v) is 22.3. The van der Waals surface area contributed by atoms with Crippen molar-refractivity contribution in [1.82, 2.24) is 24.8 Å². The highest BCUT2D eigenvalue weighted by atomic mass is 19.3. The van der Waals surface area contributed by atoms with Gasteiger partial charge in [0, 0.05) is 71.3 Å². The van der Waals surface area contributed by atoms with Gasteiger partial charge in [-0.2, -0.15) is 8.78 Å². The molecule has 11 heteroatoms. The number of likely N-dealkylation sites (tertiary alicyclic amines) is 1. The predicted molar refractivity (Wildman–Crippen MR) is 145 cm³/mol. The summed E-state index contributed by atoms with van der Waals surface area (Å²) >= 11 is 0. The van der Waals surface area contributed by atoms with Gasteiger partial charge in [0.2, 0.25) is 11.8 Å². The molecule has 4 aromatic rings. The van der Waals surface area contributed by atoms with E-state index in [2.05, 4.69) is 15.3 Å². The van der Waals surface area contributed by atoms with Crippen LogP contribution in [0.2, 0.25) is 0 Å². The number of carbonyl (C=O) groups excluding carboxylic acids is 3. The quantitative estimate of drug-likeness (QED) is 0.327. The first-order chi connectivity index (χ1) is 19.6. The summed E-state index contributed by atoms with van der Waals surface area (Å²) in [4.78, 5) is 48.2. The highest BCUT2D eigenvalue weighted by Gasteiger charge is 2.38. The Bertz CT molecular complexity index is 1700. The fourth-order valence-corrected chi connectivity index (χ4v) is 5.07. The van der Waals surface area contributed by atoms with Crippen molar-refractivity contribution >= 4 is 28.5 Å². The third-order valence-corrected chi connectivity index (χ3v) is 7.25. The molecule has 210 valence electrons. The van der Waals surface area contributed by atoms with Crippen LogP contribution >= 0.6 is 0 Å². The summed E-state index contributed by atoms with van der Waals surface area (Å²) in [5.74, 6) is -1.91. The number of carbonyl (C=O) groups is 3. The Morgan fingerprint density at radius 3 is 2.54 bits per heavy atom. The average Bonchev–Trinajstić information content (AvgIpc) is 3.57. The molecule has 1 aliphatic rings. The van der Waals surface area contributed by atoms with Gasteiger partial charge in [0.05, 0.1) is 0 Å². The first-order valence-corrected chi connectivity index (χ1v) is 12.9. The molecule has 5 rings (SSSR count). The number of benzene rings is 2. The molecule has 1 atom stereocenters. The van der Waals surface area contributed by atoms with Crippen molar-refractivity contribution in [3.63, 3.8) is 0 Å². The molecule has 0 spiro atoms. The molecular formula is C30H26F3N5O3. The summed E-state index contributed by atoms with van der Waals surface area (Å²) in [7, 11) is 0. The van der Waals surface area contributed by atoms with E-state index in [9.17, 15) is 27.6 Å². The van der Waals surface area contributed by atoms with Crippen molar-refractivity contribution in [2.45, 2.75) is 39.4 Å². The van der Waals surface area contributed by atoms with Crippen LogP contribution in [0.3, 0.4) is 0 Å². The predicted octanol–water partition coefficient (Wildman–Crippen LogP) is 4.82. The fraction of sp³-hybridized carbons (Fsp3) is 0.233. The van der Waals surface area contributed by atoms with E-state index in [0.29, 0.717) is 22.0 Å². The summed E-state index contributed by atoms with van der Waals surface area (Å²) in [6, 6.07) is 8.95. The van der Waals surface area contributed by atoms with Crippen LogP contribution in [0.15, 0.2) is 73.0 Å². The number of fused-ring (bicyclic) bond motifs is 1. The van der Waals surface area contributed by atoms with Gasteiger partial charge in [0.25, 0.3) is 6.08 Å². The van der Waals surface area contributed by atoms with Crippen LogP contribution in [0.1, 0.15) is 34.8 Å². The van der Waals surface area contributed by atoms with Crippen molar-refractivity contribution in [3.8, 4) is 11.1 Å². The maximum atomic E-state index is 14.4. The van der Waals surface area contributed by atoms with Crippen LogP contribution in [0.4, 0.5) is 13.2 Å². The number of nitrogens with zero attached hydrogens (tertiary/aromatic N) is 4. The number of aromatic nitrogens is 3. The smallest absolute Gasteiger partial charge is 0.271 e. The Balaban J connectivity index is 1.40. The van der Waals surface area contributed by atoms with E-state index >= 15 is 0 Å². The summed E-state index contributed by atoms with van der Waals surface area (Å²) in [5.41, 5.74) is 2.85. The largest absolute Gasteiger partial charge is 0.350 e. The molecule has 0 bridgehead atoms. The molecule has 1 fully saturated rings. The minimum absolute atomic E-state index is 0.152. The number of rotatable bonds is 7. The molecule has 2 amide bonds. The second-order valence-corrected chi connectivity index (χ2v) is 9.96. The second kappa shape index (κ2) is 11.4. The van der Waals surface area contributed by atoms with Gasteiger partial charge in [-0.3, -0.25) is 14.4 Å². The summed E-state index contributed by atoms with van der Waals surface area (Å²) in [6.45, 7) is 2.17. The maximum absolute atomic E-state index is 14.4. The average molecular weight is 562 g/mol. The molecule has 0 radical (unpaired) electrons. The molecule has 41 heavy (non-hydrogen) atoms. The topological polar surface area (TPSA) is 97.2 Å². The first-order valence-electron chi connectivity index (χ1n) is 12.9. The van der Waals surface area contributed by atoms with E-state index in [0.717, 1.165) is 16.0 Å². The van der Waals surface area contributed by atoms with Gasteiger partial charge in [-0.15, -0.1) is 0 Å². The Kier molecular flexibility index (Phi) is 7.69. The van der Waals surface area contributed by atoms with Gasteiger partial charge < -0.3 is 14.8 Å². The van der Waals surface area contributed by atoms with E-state index in [1.807, 2.05) is 12.1 Å². The summed E-state index contributed by atoms with van der Waals surface area (Å²) in [5, 5.41) is 3.19. The van der Waals surface area contributed by atoms with Crippen molar-refractivity contribution in [2.75, 3.05) is 6.54 Å². The number of nitrogens with one attached hydrogen (secondary N) is 1. The molecule has 3 heterocycles. The molecule has 1 saturated heterocycles. The standard InChI is InChI=1S/C30H26F3N5O3/c1-17-4-3-5-20(28(17)31)12-36-30(41)26-9-21(29(32)33)13-38(26)27(40)15-37-14-24(18(2)39)23-8-19(6-7-25(23)37)22-10-34-16-35-11-22/h3-8,10-11,14,16,26H,9,12-13,15H2,1-2H3,(H,36,41)/t26-/m0/s1. The lowest BCUT2D eigenvalue weighted by Crippen LogP contribution is -2.46. The van der Waals surface area contributed by atoms with E-state index in [1.54, 1.807) is 48.3 Å². The fourth-order valence-electron chi connectivity index (χ4n) is 5.07. The van der Waals surface area contributed by atoms with E-state index in [1.165, 1.54) is 19.3 Å².